The minimum atomic E-state index is -0.289. The van der Waals surface area contributed by atoms with Crippen molar-refractivity contribution in [2.45, 2.75) is 36.7 Å². The lowest BCUT2D eigenvalue weighted by Crippen LogP contribution is -2.32. The molecule has 0 fully saturated rings. The average molecular weight is 422 g/mol. The number of carbonyl (C=O) groups excluding carboxylic acids is 1. The van der Waals surface area contributed by atoms with Crippen LogP contribution in [0.5, 0.6) is 5.75 Å². The zero-order valence-corrected chi connectivity index (χ0v) is 17.6. The number of hydrogen-bond donors (Lipinski definition) is 1. The minimum Gasteiger partial charge on any atom is -0.495 e. The summed E-state index contributed by atoms with van der Waals surface area (Å²) < 4.78 is 6.79. The number of aromatic nitrogens is 2. The first-order valence-corrected chi connectivity index (χ1v) is 10.9. The number of anilines is 1. The predicted molar refractivity (Wildman–Crippen MR) is 118 cm³/mol. The fourth-order valence-electron chi connectivity index (χ4n) is 3.56. The van der Waals surface area contributed by atoms with Crippen molar-refractivity contribution in [2.24, 2.45) is 0 Å². The number of hydrogen-bond acceptors (Lipinski definition) is 5. The SMILES string of the molecule is COc1ccccc1NC(=O)Cn1c(SCc2ccccc2)nc2c(c1=O)CCC2. The highest BCUT2D eigenvalue weighted by atomic mass is 32.2. The van der Waals surface area contributed by atoms with Gasteiger partial charge in [0.25, 0.3) is 5.56 Å². The largest absolute Gasteiger partial charge is 0.495 e. The Morgan fingerprint density at radius 2 is 1.90 bits per heavy atom. The van der Waals surface area contributed by atoms with Gasteiger partial charge in [-0.05, 0) is 37.0 Å². The number of ether oxygens (including phenoxy) is 1. The van der Waals surface area contributed by atoms with E-state index in [1.165, 1.54) is 16.3 Å². The summed E-state index contributed by atoms with van der Waals surface area (Å²) in [5, 5.41) is 3.43. The van der Waals surface area contributed by atoms with Gasteiger partial charge in [0, 0.05) is 11.3 Å². The summed E-state index contributed by atoms with van der Waals surface area (Å²) in [5.41, 5.74) is 3.22. The summed E-state index contributed by atoms with van der Waals surface area (Å²) in [6, 6.07) is 17.2. The maximum atomic E-state index is 13.1. The molecule has 0 saturated carbocycles. The highest BCUT2D eigenvalue weighted by molar-refractivity contribution is 7.98. The number of methoxy groups -OCH3 is 1. The number of fused-ring (bicyclic) bond motifs is 1. The third-order valence-electron chi connectivity index (χ3n) is 5.05. The molecule has 7 heteroatoms. The molecule has 0 spiro atoms. The molecule has 1 heterocycles. The number of aryl methyl sites for hydroxylation is 1. The van der Waals surface area contributed by atoms with Crippen molar-refractivity contribution in [3.8, 4) is 5.75 Å². The lowest BCUT2D eigenvalue weighted by Gasteiger charge is -2.15. The zero-order chi connectivity index (χ0) is 20.9. The molecule has 30 heavy (non-hydrogen) atoms. The van der Waals surface area contributed by atoms with Gasteiger partial charge in [-0.1, -0.05) is 54.2 Å². The molecule has 6 nitrogen and oxygen atoms in total. The van der Waals surface area contributed by atoms with Gasteiger partial charge in [0.05, 0.1) is 18.5 Å². The van der Waals surface area contributed by atoms with Crippen molar-refractivity contribution >= 4 is 23.4 Å². The predicted octanol–water partition coefficient (Wildman–Crippen LogP) is 3.67. The van der Waals surface area contributed by atoms with Gasteiger partial charge >= 0.3 is 0 Å². The third kappa shape index (κ3) is 4.41. The first-order chi connectivity index (χ1) is 14.7. The van der Waals surface area contributed by atoms with E-state index in [0.29, 0.717) is 22.3 Å². The molecule has 0 radical (unpaired) electrons. The lowest BCUT2D eigenvalue weighted by atomic mass is 10.2. The second-order valence-electron chi connectivity index (χ2n) is 7.09. The molecule has 0 bridgehead atoms. The Balaban J connectivity index is 1.59. The topological polar surface area (TPSA) is 73.2 Å². The van der Waals surface area contributed by atoms with Crippen LogP contribution in [0.2, 0.25) is 0 Å². The van der Waals surface area contributed by atoms with E-state index in [9.17, 15) is 9.59 Å². The summed E-state index contributed by atoms with van der Waals surface area (Å²) in [5.74, 6) is 0.965. The molecule has 1 amide bonds. The quantitative estimate of drug-likeness (QED) is 0.465. The van der Waals surface area contributed by atoms with E-state index in [1.54, 1.807) is 19.2 Å². The van der Waals surface area contributed by atoms with Crippen LogP contribution in [0.25, 0.3) is 0 Å². The molecule has 1 aromatic heterocycles. The summed E-state index contributed by atoms with van der Waals surface area (Å²) in [7, 11) is 1.55. The van der Waals surface area contributed by atoms with Crippen LogP contribution in [0, 0.1) is 0 Å². The molecule has 2 aromatic carbocycles. The van der Waals surface area contributed by atoms with Crippen molar-refractivity contribution in [1.82, 2.24) is 9.55 Å². The Morgan fingerprint density at radius 3 is 2.70 bits per heavy atom. The first kappa shape index (κ1) is 20.2. The first-order valence-electron chi connectivity index (χ1n) is 9.88. The van der Waals surface area contributed by atoms with E-state index in [-0.39, 0.29) is 18.0 Å². The van der Waals surface area contributed by atoms with Crippen LogP contribution in [-0.4, -0.2) is 22.6 Å². The van der Waals surface area contributed by atoms with Crippen LogP contribution < -0.4 is 15.6 Å². The summed E-state index contributed by atoms with van der Waals surface area (Å²) in [6.07, 6.45) is 2.47. The number of thioether (sulfide) groups is 1. The van der Waals surface area contributed by atoms with Crippen LogP contribution in [0.4, 0.5) is 5.69 Å². The smallest absolute Gasteiger partial charge is 0.258 e. The highest BCUT2D eigenvalue weighted by Crippen LogP contribution is 2.25. The minimum absolute atomic E-state index is 0.0890. The maximum Gasteiger partial charge on any atom is 0.258 e. The molecule has 154 valence electrons. The number of nitrogens with one attached hydrogen (secondary N) is 1. The molecule has 0 aliphatic heterocycles. The normalized spacial score (nSPS) is 12.4. The average Bonchev–Trinajstić information content (AvgIpc) is 3.24. The Hall–Kier alpha value is -3.06. The zero-order valence-electron chi connectivity index (χ0n) is 16.8. The Kier molecular flexibility index (Phi) is 6.18. The molecular formula is C23H23N3O3S. The van der Waals surface area contributed by atoms with Gasteiger partial charge in [0.2, 0.25) is 5.91 Å². The third-order valence-corrected chi connectivity index (χ3v) is 6.09. The maximum absolute atomic E-state index is 13.1. The Morgan fingerprint density at radius 1 is 1.13 bits per heavy atom. The van der Waals surface area contributed by atoms with Gasteiger partial charge in [-0.2, -0.15) is 0 Å². The van der Waals surface area contributed by atoms with Gasteiger partial charge in [0.1, 0.15) is 12.3 Å². The second kappa shape index (κ2) is 9.17. The number of amides is 1. The van der Waals surface area contributed by atoms with E-state index in [0.717, 1.165) is 36.1 Å². The van der Waals surface area contributed by atoms with E-state index in [4.69, 9.17) is 9.72 Å². The molecule has 0 atom stereocenters. The van der Waals surface area contributed by atoms with Crippen LogP contribution in [0.3, 0.4) is 0 Å². The molecule has 1 aliphatic carbocycles. The molecule has 1 aliphatic rings. The van der Waals surface area contributed by atoms with Crippen molar-refractivity contribution in [3.05, 3.63) is 81.8 Å². The number of nitrogens with zero attached hydrogens (tertiary/aromatic N) is 2. The summed E-state index contributed by atoms with van der Waals surface area (Å²) >= 11 is 1.48. The van der Waals surface area contributed by atoms with Crippen molar-refractivity contribution < 1.29 is 9.53 Å². The van der Waals surface area contributed by atoms with Gasteiger partial charge in [-0.25, -0.2) is 4.98 Å². The second-order valence-corrected chi connectivity index (χ2v) is 8.03. The van der Waals surface area contributed by atoms with Crippen molar-refractivity contribution in [2.75, 3.05) is 12.4 Å². The molecule has 4 rings (SSSR count). The van der Waals surface area contributed by atoms with E-state index >= 15 is 0 Å². The molecule has 0 saturated heterocycles. The summed E-state index contributed by atoms with van der Waals surface area (Å²) in [6.45, 7) is -0.0890. The molecule has 1 N–H and O–H groups in total. The Labute approximate surface area is 179 Å². The Bertz CT molecular complexity index is 1110. The van der Waals surface area contributed by atoms with Crippen molar-refractivity contribution in [1.29, 1.82) is 0 Å². The van der Waals surface area contributed by atoms with E-state index in [1.807, 2.05) is 42.5 Å². The van der Waals surface area contributed by atoms with Gasteiger partial charge in [-0.15, -0.1) is 0 Å². The highest BCUT2D eigenvalue weighted by Gasteiger charge is 2.22. The fourth-order valence-corrected chi connectivity index (χ4v) is 4.53. The standard InChI is InChI=1S/C23H23N3O3S/c1-29-20-13-6-5-11-19(20)24-21(27)14-26-22(28)17-10-7-12-18(17)25-23(26)30-15-16-8-3-2-4-9-16/h2-6,8-9,11,13H,7,10,12,14-15H2,1H3,(H,24,27). The van der Waals surface area contributed by atoms with Crippen LogP contribution in [-0.2, 0) is 29.9 Å². The molecule has 3 aromatic rings. The van der Waals surface area contributed by atoms with Gasteiger partial charge in [-0.3, -0.25) is 14.2 Å². The van der Waals surface area contributed by atoms with Crippen molar-refractivity contribution in [3.63, 3.8) is 0 Å². The van der Waals surface area contributed by atoms with Crippen LogP contribution in [0.1, 0.15) is 23.2 Å². The number of benzene rings is 2. The lowest BCUT2D eigenvalue weighted by molar-refractivity contribution is -0.116. The van der Waals surface area contributed by atoms with Gasteiger partial charge in [0.15, 0.2) is 5.16 Å². The number of para-hydroxylation sites is 2. The fraction of sp³-hybridized carbons (Fsp3) is 0.261. The summed E-state index contributed by atoms with van der Waals surface area (Å²) in [4.78, 5) is 30.6. The molecular weight excluding hydrogens is 398 g/mol. The number of rotatable bonds is 7. The van der Waals surface area contributed by atoms with Gasteiger partial charge < -0.3 is 10.1 Å². The van der Waals surface area contributed by atoms with E-state index in [2.05, 4.69) is 5.32 Å². The molecule has 0 unspecified atom stereocenters. The van der Waals surface area contributed by atoms with Crippen LogP contribution in [0.15, 0.2) is 64.5 Å². The number of carbonyl (C=O) groups is 1. The monoisotopic (exact) mass is 421 g/mol. The van der Waals surface area contributed by atoms with E-state index < -0.39 is 0 Å². The van der Waals surface area contributed by atoms with Crippen LogP contribution >= 0.6 is 11.8 Å².